The molecule has 0 amide bonds. The summed E-state index contributed by atoms with van der Waals surface area (Å²) >= 11 is 6.09. The first-order valence-electron chi connectivity index (χ1n) is 10.9. The first-order valence-corrected chi connectivity index (χ1v) is 13.3. The molecule has 0 saturated heterocycles. The number of rotatable bonds is 6. The lowest BCUT2D eigenvalue weighted by atomic mass is 10.0. The molecule has 0 aliphatic rings. The maximum atomic E-state index is 13.9. The van der Waals surface area contributed by atoms with Gasteiger partial charge in [-0.05, 0) is 35.4 Å². The summed E-state index contributed by atoms with van der Waals surface area (Å²) in [5.41, 5.74) is 3.49. The molecule has 1 atom stereocenters. The topological polar surface area (TPSA) is 96.7 Å². The zero-order chi connectivity index (χ0) is 25.4. The predicted octanol–water partition coefficient (Wildman–Crippen LogP) is 5.93. The quantitative estimate of drug-likeness (QED) is 0.269. The third-order valence-electron chi connectivity index (χ3n) is 5.59. The number of benzene rings is 3. The number of halogens is 2. The minimum Gasteiger partial charge on any atom is -0.424 e. The molecule has 2 heterocycles. The molecule has 0 spiro atoms. The molecule has 182 valence electrons. The minimum absolute atomic E-state index is 0.0751. The van der Waals surface area contributed by atoms with Crippen LogP contribution in [0.15, 0.2) is 83.8 Å². The summed E-state index contributed by atoms with van der Waals surface area (Å²) in [7, 11) is -4.02. The Bertz CT molecular complexity index is 1680. The van der Waals surface area contributed by atoms with Crippen LogP contribution in [0.25, 0.3) is 27.9 Å². The third kappa shape index (κ3) is 4.84. The van der Waals surface area contributed by atoms with Crippen LogP contribution in [0.2, 0.25) is 5.02 Å². The summed E-state index contributed by atoms with van der Waals surface area (Å²) in [6.45, 7) is 0.981. The van der Waals surface area contributed by atoms with E-state index in [0.29, 0.717) is 17.1 Å². The zero-order valence-corrected chi connectivity index (χ0v) is 20.6. The lowest BCUT2D eigenvalue weighted by Gasteiger charge is -2.13. The smallest absolute Gasteiger partial charge is 0.373 e. The van der Waals surface area contributed by atoms with E-state index >= 15 is 0 Å². The van der Waals surface area contributed by atoms with Crippen LogP contribution in [-0.4, -0.2) is 26.2 Å². The number of nitrogens with zero attached hydrogens (tertiary/aromatic N) is 2. The van der Waals surface area contributed by atoms with E-state index in [2.05, 4.69) is 10.1 Å². The Balaban J connectivity index is 1.72. The summed E-state index contributed by atoms with van der Waals surface area (Å²) in [5.74, 6) is -0.900. The van der Waals surface area contributed by atoms with Crippen molar-refractivity contribution in [2.75, 3.05) is 6.66 Å². The first kappa shape index (κ1) is 24.0. The van der Waals surface area contributed by atoms with Crippen LogP contribution >= 0.6 is 19.2 Å². The van der Waals surface area contributed by atoms with Gasteiger partial charge in [0.1, 0.15) is 11.6 Å². The van der Waals surface area contributed by atoms with Gasteiger partial charge in [0.2, 0.25) is 0 Å². The molecule has 7 nitrogen and oxygen atoms in total. The highest BCUT2D eigenvalue weighted by Gasteiger charge is 2.22. The van der Waals surface area contributed by atoms with E-state index in [4.69, 9.17) is 16.1 Å². The summed E-state index contributed by atoms with van der Waals surface area (Å²) in [4.78, 5) is 27.9. The molecule has 3 aromatic carbocycles. The molecule has 10 heteroatoms. The van der Waals surface area contributed by atoms with E-state index in [-0.39, 0.29) is 16.9 Å². The van der Waals surface area contributed by atoms with Crippen molar-refractivity contribution < 1.29 is 18.4 Å². The van der Waals surface area contributed by atoms with Crippen molar-refractivity contribution in [3.05, 3.63) is 111 Å². The van der Waals surface area contributed by atoms with E-state index in [1.54, 1.807) is 12.1 Å². The average Bonchev–Trinajstić information content (AvgIpc) is 3.19. The Morgan fingerprint density at radius 3 is 2.50 bits per heavy atom. The van der Waals surface area contributed by atoms with Gasteiger partial charge in [0.15, 0.2) is 5.65 Å². The number of H-pyrrole nitrogens is 1. The van der Waals surface area contributed by atoms with Crippen LogP contribution in [0.4, 0.5) is 4.39 Å². The van der Waals surface area contributed by atoms with Crippen molar-refractivity contribution in [2.24, 2.45) is 0 Å². The Hall–Kier alpha value is -3.71. The van der Waals surface area contributed by atoms with Crippen molar-refractivity contribution in [2.45, 2.75) is 6.42 Å². The highest BCUT2D eigenvalue weighted by Crippen LogP contribution is 2.42. The molecule has 0 bridgehead atoms. The fraction of sp³-hybridized carbons (Fsp3) is 0.0769. The monoisotopic (exact) mass is 523 g/mol. The highest BCUT2D eigenvalue weighted by atomic mass is 35.5. The maximum Gasteiger partial charge on any atom is 0.373 e. The van der Waals surface area contributed by atoms with Gasteiger partial charge in [-0.15, -0.1) is 0 Å². The Morgan fingerprint density at radius 2 is 1.81 bits per heavy atom. The number of aromatic nitrogens is 3. The van der Waals surface area contributed by atoms with E-state index < -0.39 is 19.0 Å². The summed E-state index contributed by atoms with van der Waals surface area (Å²) in [6, 6.07) is 20.4. The van der Waals surface area contributed by atoms with Gasteiger partial charge in [-0.2, -0.15) is 0 Å². The molecular weight excluding hydrogens is 504 g/mol. The molecule has 5 aromatic rings. The molecule has 2 aromatic heterocycles. The Kier molecular flexibility index (Phi) is 6.26. The van der Waals surface area contributed by atoms with Gasteiger partial charge in [0.05, 0.1) is 5.56 Å². The van der Waals surface area contributed by atoms with Gasteiger partial charge in [-0.1, -0.05) is 54.1 Å². The second-order valence-corrected chi connectivity index (χ2v) is 10.5. The number of fused-ring (bicyclic) bond motifs is 1. The lowest BCUT2D eigenvalue weighted by Crippen LogP contribution is -2.17. The SMILES string of the molecule is CP(=O)(O)Oc1cc(F)ccc1-c1cnc2c(-c3ccc(Cl)cc3)c(Cc3ccccc3)[nH]n2c1=O. The van der Waals surface area contributed by atoms with E-state index in [1.165, 1.54) is 16.8 Å². The summed E-state index contributed by atoms with van der Waals surface area (Å²) in [5, 5.41) is 3.75. The highest BCUT2D eigenvalue weighted by molar-refractivity contribution is 7.52. The Morgan fingerprint density at radius 1 is 1.08 bits per heavy atom. The molecular formula is C26H20ClFN3O4P. The molecule has 1 unspecified atom stereocenters. The maximum absolute atomic E-state index is 13.9. The fourth-order valence-electron chi connectivity index (χ4n) is 4.07. The van der Waals surface area contributed by atoms with Gasteiger partial charge in [-0.25, -0.2) is 18.5 Å². The van der Waals surface area contributed by atoms with Crippen LogP contribution in [0.3, 0.4) is 0 Å². The van der Waals surface area contributed by atoms with Gasteiger partial charge < -0.3 is 9.42 Å². The molecule has 36 heavy (non-hydrogen) atoms. The number of nitrogens with one attached hydrogen (secondary N) is 1. The normalized spacial score (nSPS) is 13.0. The van der Waals surface area contributed by atoms with Crippen molar-refractivity contribution in [1.82, 2.24) is 14.6 Å². The van der Waals surface area contributed by atoms with E-state index in [1.807, 2.05) is 42.5 Å². The Labute approximate surface area is 210 Å². The van der Waals surface area contributed by atoms with Crippen LogP contribution in [-0.2, 0) is 11.0 Å². The first-order chi connectivity index (χ1) is 17.2. The summed E-state index contributed by atoms with van der Waals surface area (Å²) < 4.78 is 32.2. The minimum atomic E-state index is -4.02. The van der Waals surface area contributed by atoms with Crippen LogP contribution in [0, 0.1) is 5.82 Å². The average molecular weight is 524 g/mol. The molecule has 0 saturated carbocycles. The second-order valence-electron chi connectivity index (χ2n) is 8.31. The summed E-state index contributed by atoms with van der Waals surface area (Å²) in [6.07, 6.45) is 1.86. The molecule has 0 radical (unpaired) electrons. The lowest BCUT2D eigenvalue weighted by molar-refractivity contribution is 0.387. The van der Waals surface area contributed by atoms with Gasteiger partial charge in [0.25, 0.3) is 5.56 Å². The number of aromatic amines is 1. The van der Waals surface area contributed by atoms with Crippen LogP contribution in [0.1, 0.15) is 11.3 Å². The molecule has 0 fully saturated rings. The van der Waals surface area contributed by atoms with Crippen molar-refractivity contribution in [3.63, 3.8) is 0 Å². The fourth-order valence-corrected chi connectivity index (χ4v) is 4.71. The van der Waals surface area contributed by atoms with Gasteiger partial charge in [-0.3, -0.25) is 9.89 Å². The largest absolute Gasteiger partial charge is 0.424 e. The number of hydrogen-bond donors (Lipinski definition) is 2. The second kappa shape index (κ2) is 9.39. The molecule has 0 aliphatic heterocycles. The van der Waals surface area contributed by atoms with Gasteiger partial charge in [0, 0.05) is 47.2 Å². The van der Waals surface area contributed by atoms with E-state index in [9.17, 15) is 18.6 Å². The van der Waals surface area contributed by atoms with Crippen LogP contribution < -0.4 is 10.1 Å². The van der Waals surface area contributed by atoms with Crippen molar-refractivity contribution in [3.8, 4) is 28.0 Å². The van der Waals surface area contributed by atoms with Crippen molar-refractivity contribution >= 4 is 24.8 Å². The molecule has 0 aliphatic carbocycles. The molecule has 2 N–H and O–H groups in total. The standard InChI is InChI=1S/C26H20ClFN3O4P/c1-36(33,34)35-23-14-19(28)11-12-20(23)21-15-29-25-24(17-7-9-18(27)10-8-17)22(30-31(25)26(21)32)13-16-5-3-2-4-6-16/h2-12,14-15,30H,13H2,1H3,(H,33,34). The predicted molar refractivity (Wildman–Crippen MR) is 137 cm³/mol. The van der Waals surface area contributed by atoms with Crippen molar-refractivity contribution in [1.29, 1.82) is 0 Å². The van der Waals surface area contributed by atoms with Crippen LogP contribution in [0.5, 0.6) is 5.75 Å². The molecule has 5 rings (SSSR count). The zero-order valence-electron chi connectivity index (χ0n) is 19.0. The third-order valence-corrected chi connectivity index (χ3v) is 6.38. The number of hydrogen-bond acceptors (Lipinski definition) is 4. The van der Waals surface area contributed by atoms with Gasteiger partial charge >= 0.3 is 7.60 Å². The van der Waals surface area contributed by atoms with E-state index in [0.717, 1.165) is 41.2 Å².